The minimum Gasteiger partial charge on any atom is -0.491 e. The quantitative estimate of drug-likeness (QED) is 0.861. The zero-order valence-electron chi connectivity index (χ0n) is 11.1. The van der Waals surface area contributed by atoms with E-state index in [9.17, 15) is 0 Å². The summed E-state index contributed by atoms with van der Waals surface area (Å²) in [4.78, 5) is 0. The molecule has 1 N–H and O–H groups in total. The van der Waals surface area contributed by atoms with E-state index < -0.39 is 0 Å². The van der Waals surface area contributed by atoms with Crippen molar-refractivity contribution in [2.75, 3.05) is 13.2 Å². The molecular weight excluding hydrogens is 236 g/mol. The molecule has 2 aromatic carbocycles. The van der Waals surface area contributed by atoms with Crippen molar-refractivity contribution in [2.24, 2.45) is 0 Å². The third-order valence-corrected chi connectivity index (χ3v) is 2.93. The standard InChI is InChI=1S/C16H18N2O/c1-2-9-18-15(11-17)12-19-16-8-7-13-5-3-4-6-14(13)10-16/h3-8,10,15,18H,2,9,12H2,1H3. The average Bonchev–Trinajstić information content (AvgIpc) is 2.47. The highest BCUT2D eigenvalue weighted by atomic mass is 16.5. The smallest absolute Gasteiger partial charge is 0.130 e. The first-order valence-electron chi connectivity index (χ1n) is 6.58. The van der Waals surface area contributed by atoms with Crippen LogP contribution in [0.4, 0.5) is 0 Å². The molecule has 19 heavy (non-hydrogen) atoms. The van der Waals surface area contributed by atoms with Crippen molar-refractivity contribution >= 4 is 10.8 Å². The summed E-state index contributed by atoms with van der Waals surface area (Å²) in [5, 5.41) is 14.5. The number of nitrogens with zero attached hydrogens (tertiary/aromatic N) is 1. The number of hydrogen-bond acceptors (Lipinski definition) is 3. The Kier molecular flexibility index (Phi) is 4.77. The Morgan fingerprint density at radius 2 is 2.00 bits per heavy atom. The lowest BCUT2D eigenvalue weighted by Gasteiger charge is -2.12. The normalized spacial score (nSPS) is 12.0. The maximum absolute atomic E-state index is 9.01. The van der Waals surface area contributed by atoms with Crippen LogP contribution in [0.2, 0.25) is 0 Å². The second-order valence-electron chi connectivity index (χ2n) is 4.46. The summed E-state index contributed by atoms with van der Waals surface area (Å²) < 4.78 is 5.68. The van der Waals surface area contributed by atoms with Crippen LogP contribution in [-0.4, -0.2) is 19.2 Å². The van der Waals surface area contributed by atoms with Crippen molar-refractivity contribution in [3.8, 4) is 11.8 Å². The molecule has 0 radical (unpaired) electrons. The van der Waals surface area contributed by atoms with Crippen molar-refractivity contribution in [2.45, 2.75) is 19.4 Å². The Balaban J connectivity index is 1.99. The molecule has 0 aliphatic carbocycles. The predicted octanol–water partition coefficient (Wildman–Crippen LogP) is 3.11. The zero-order valence-corrected chi connectivity index (χ0v) is 11.1. The highest BCUT2D eigenvalue weighted by molar-refractivity contribution is 5.83. The maximum atomic E-state index is 9.01. The van der Waals surface area contributed by atoms with Crippen LogP contribution in [0.15, 0.2) is 42.5 Å². The topological polar surface area (TPSA) is 45.0 Å². The summed E-state index contributed by atoms with van der Waals surface area (Å²) in [6, 6.07) is 16.1. The van der Waals surface area contributed by atoms with Crippen LogP contribution in [0, 0.1) is 11.3 Å². The highest BCUT2D eigenvalue weighted by Crippen LogP contribution is 2.20. The van der Waals surface area contributed by atoms with Crippen molar-refractivity contribution in [3.63, 3.8) is 0 Å². The monoisotopic (exact) mass is 254 g/mol. The van der Waals surface area contributed by atoms with Gasteiger partial charge in [-0.2, -0.15) is 5.26 Å². The van der Waals surface area contributed by atoms with Crippen LogP contribution in [0.5, 0.6) is 5.75 Å². The van der Waals surface area contributed by atoms with Gasteiger partial charge >= 0.3 is 0 Å². The molecule has 1 unspecified atom stereocenters. The highest BCUT2D eigenvalue weighted by Gasteiger charge is 2.06. The Labute approximate surface area is 113 Å². The van der Waals surface area contributed by atoms with Gasteiger partial charge in [0.2, 0.25) is 0 Å². The van der Waals surface area contributed by atoms with Crippen LogP contribution in [0.25, 0.3) is 10.8 Å². The van der Waals surface area contributed by atoms with E-state index in [0.29, 0.717) is 6.61 Å². The van der Waals surface area contributed by atoms with Gasteiger partial charge < -0.3 is 4.74 Å². The van der Waals surface area contributed by atoms with E-state index in [2.05, 4.69) is 30.4 Å². The first-order valence-corrected chi connectivity index (χ1v) is 6.58. The van der Waals surface area contributed by atoms with E-state index in [1.165, 1.54) is 5.39 Å². The molecule has 0 fully saturated rings. The van der Waals surface area contributed by atoms with Crippen molar-refractivity contribution in [1.82, 2.24) is 5.32 Å². The van der Waals surface area contributed by atoms with Gasteiger partial charge in [-0.15, -0.1) is 0 Å². The van der Waals surface area contributed by atoms with Crippen LogP contribution < -0.4 is 10.1 Å². The molecule has 0 aliphatic heterocycles. The zero-order chi connectivity index (χ0) is 13.5. The van der Waals surface area contributed by atoms with Crippen molar-refractivity contribution in [1.29, 1.82) is 5.26 Å². The van der Waals surface area contributed by atoms with Gasteiger partial charge in [-0.05, 0) is 35.9 Å². The summed E-state index contributed by atoms with van der Waals surface area (Å²) in [6.07, 6.45) is 1.01. The Bertz CT molecular complexity index is 574. The number of nitrogens with one attached hydrogen (secondary N) is 1. The van der Waals surface area contributed by atoms with Gasteiger partial charge in [0.25, 0.3) is 0 Å². The van der Waals surface area contributed by atoms with Gasteiger partial charge in [0.1, 0.15) is 18.4 Å². The number of ether oxygens (including phenoxy) is 1. The molecule has 0 amide bonds. The molecule has 0 heterocycles. The molecule has 0 saturated carbocycles. The lowest BCUT2D eigenvalue weighted by Crippen LogP contribution is -2.33. The van der Waals surface area contributed by atoms with Gasteiger partial charge in [0, 0.05) is 0 Å². The molecule has 0 aromatic heterocycles. The molecule has 3 nitrogen and oxygen atoms in total. The molecule has 0 aliphatic rings. The van der Waals surface area contributed by atoms with Crippen molar-refractivity contribution in [3.05, 3.63) is 42.5 Å². The van der Waals surface area contributed by atoms with Crippen LogP contribution in [0.1, 0.15) is 13.3 Å². The molecule has 0 saturated heterocycles. The largest absolute Gasteiger partial charge is 0.491 e. The summed E-state index contributed by atoms with van der Waals surface area (Å²) in [5.41, 5.74) is 0. The Morgan fingerprint density at radius 1 is 1.21 bits per heavy atom. The maximum Gasteiger partial charge on any atom is 0.130 e. The average molecular weight is 254 g/mol. The fourth-order valence-corrected chi connectivity index (χ4v) is 1.90. The second-order valence-corrected chi connectivity index (χ2v) is 4.46. The molecule has 98 valence electrons. The lowest BCUT2D eigenvalue weighted by atomic mass is 10.1. The lowest BCUT2D eigenvalue weighted by molar-refractivity contribution is 0.290. The fourth-order valence-electron chi connectivity index (χ4n) is 1.90. The van der Waals surface area contributed by atoms with Gasteiger partial charge in [-0.1, -0.05) is 37.3 Å². The van der Waals surface area contributed by atoms with Crippen LogP contribution in [0.3, 0.4) is 0 Å². The number of fused-ring (bicyclic) bond motifs is 1. The second kappa shape index (κ2) is 6.77. The summed E-state index contributed by atoms with van der Waals surface area (Å²) in [5.74, 6) is 0.803. The first kappa shape index (κ1) is 13.4. The Morgan fingerprint density at radius 3 is 2.74 bits per heavy atom. The number of hydrogen-bond donors (Lipinski definition) is 1. The van der Waals surface area contributed by atoms with E-state index in [0.717, 1.165) is 24.1 Å². The van der Waals surface area contributed by atoms with Crippen LogP contribution in [-0.2, 0) is 0 Å². The molecule has 0 spiro atoms. The summed E-state index contributed by atoms with van der Waals surface area (Å²) in [6.45, 7) is 3.28. The van der Waals surface area contributed by atoms with Gasteiger partial charge in [0.05, 0.1) is 6.07 Å². The minimum absolute atomic E-state index is 0.258. The minimum atomic E-state index is -0.258. The van der Waals surface area contributed by atoms with Gasteiger partial charge in [-0.3, -0.25) is 5.32 Å². The number of rotatable bonds is 6. The first-order chi connectivity index (χ1) is 9.33. The summed E-state index contributed by atoms with van der Waals surface area (Å²) in [7, 11) is 0. The molecule has 3 heteroatoms. The predicted molar refractivity (Wildman–Crippen MR) is 77.1 cm³/mol. The molecule has 2 aromatic rings. The molecule has 1 atom stereocenters. The van der Waals surface area contributed by atoms with E-state index >= 15 is 0 Å². The fraction of sp³-hybridized carbons (Fsp3) is 0.312. The third-order valence-electron chi connectivity index (χ3n) is 2.93. The summed E-state index contributed by atoms with van der Waals surface area (Å²) >= 11 is 0. The van der Waals surface area contributed by atoms with Gasteiger partial charge in [-0.25, -0.2) is 0 Å². The van der Waals surface area contributed by atoms with Crippen LogP contribution >= 0.6 is 0 Å². The number of nitriles is 1. The number of benzene rings is 2. The molecular formula is C16H18N2O. The third kappa shape index (κ3) is 3.70. The van der Waals surface area contributed by atoms with Crippen molar-refractivity contribution < 1.29 is 4.74 Å². The Hall–Kier alpha value is -2.05. The molecule has 0 bridgehead atoms. The van der Waals surface area contributed by atoms with E-state index in [1.54, 1.807) is 0 Å². The van der Waals surface area contributed by atoms with Gasteiger partial charge in [0.15, 0.2) is 0 Å². The molecule has 2 rings (SSSR count). The van der Waals surface area contributed by atoms with E-state index in [4.69, 9.17) is 10.00 Å². The van der Waals surface area contributed by atoms with E-state index in [1.807, 2.05) is 30.3 Å². The van der Waals surface area contributed by atoms with E-state index in [-0.39, 0.29) is 6.04 Å². The SMILES string of the molecule is CCCNC(C#N)COc1ccc2ccccc2c1.